The lowest BCUT2D eigenvalue weighted by Crippen LogP contribution is -2.51. The summed E-state index contributed by atoms with van der Waals surface area (Å²) in [5, 5.41) is 4.92. The zero-order chi connectivity index (χ0) is 38.4. The van der Waals surface area contributed by atoms with E-state index in [0.717, 1.165) is 55.6 Å². The quantitative estimate of drug-likeness (QED) is 0.131. The predicted molar refractivity (Wildman–Crippen MR) is 211 cm³/mol. The third-order valence-electron chi connectivity index (χ3n) is 10.9. The number of hydrogen-bond acceptors (Lipinski definition) is 6. The van der Waals surface area contributed by atoms with Crippen molar-refractivity contribution >= 4 is 39.7 Å². The minimum Gasteiger partial charge on any atom is -0.453 e. The topological polar surface area (TPSA) is 136 Å². The smallest absolute Gasteiger partial charge is 0.407 e. The Hall–Kier alpha value is -5.71. The number of H-pyrrole nitrogens is 2. The molecule has 0 saturated heterocycles. The molecule has 3 aromatic carbocycles. The first-order valence-corrected chi connectivity index (χ1v) is 18.7. The number of carbonyl (C=O) groups excluding carboxylic acids is 3. The lowest BCUT2D eigenvalue weighted by molar-refractivity contribution is -0.137. The second-order valence-electron chi connectivity index (χ2n) is 15.6. The average Bonchev–Trinajstić information content (AvgIpc) is 3.97. The Bertz CT molecular complexity index is 2310. The van der Waals surface area contributed by atoms with Gasteiger partial charge in [-0.05, 0) is 71.8 Å². The van der Waals surface area contributed by atoms with Crippen LogP contribution in [-0.4, -0.2) is 73.9 Å². The summed E-state index contributed by atoms with van der Waals surface area (Å²) >= 11 is 0. The molecule has 4 heterocycles. The molecule has 11 heteroatoms. The maximum absolute atomic E-state index is 13.7. The number of ether oxygens (including phenoxy) is 1. The van der Waals surface area contributed by atoms with Crippen LogP contribution in [0.3, 0.4) is 0 Å². The second kappa shape index (κ2) is 14.6. The third-order valence-corrected chi connectivity index (χ3v) is 10.9. The number of hydrogen-bond donors (Lipinski definition) is 3. The Morgan fingerprint density at radius 2 is 1.35 bits per heavy atom. The first-order chi connectivity index (χ1) is 25.8. The first kappa shape index (κ1) is 36.6. The van der Waals surface area contributed by atoms with Gasteiger partial charge in [0.05, 0.1) is 30.0 Å². The van der Waals surface area contributed by atoms with Gasteiger partial charge in [-0.1, -0.05) is 88.2 Å². The molecule has 5 aromatic rings. The number of alkyl carbamates (subject to hydrolysis) is 1. The van der Waals surface area contributed by atoms with Crippen LogP contribution in [0.4, 0.5) is 4.79 Å². The normalized spacial score (nSPS) is 18.4. The third kappa shape index (κ3) is 7.02. The molecule has 7 rings (SSSR count). The summed E-state index contributed by atoms with van der Waals surface area (Å²) < 4.78 is 4.78. The van der Waals surface area contributed by atoms with Gasteiger partial charge in [-0.25, -0.2) is 14.8 Å². The van der Waals surface area contributed by atoms with E-state index in [1.54, 1.807) is 4.90 Å². The van der Waals surface area contributed by atoms with Crippen molar-refractivity contribution in [2.45, 2.75) is 66.6 Å². The number of nitrogens with zero attached hydrogens (tertiary/aromatic N) is 4. The highest BCUT2D eigenvalue weighted by Gasteiger charge is 2.37. The molecule has 0 aliphatic carbocycles. The molecular formula is C43H49N7O4. The molecule has 2 aliphatic heterocycles. The van der Waals surface area contributed by atoms with Crippen molar-refractivity contribution in [3.05, 3.63) is 95.7 Å². The molecule has 0 unspecified atom stereocenters. The summed E-state index contributed by atoms with van der Waals surface area (Å²) in [7, 11) is 1.29. The largest absolute Gasteiger partial charge is 0.453 e. The van der Waals surface area contributed by atoms with E-state index in [2.05, 4.69) is 90.7 Å². The number of aromatic nitrogens is 4. The van der Waals surface area contributed by atoms with Crippen molar-refractivity contribution in [2.24, 2.45) is 17.8 Å². The van der Waals surface area contributed by atoms with Crippen LogP contribution >= 0.6 is 0 Å². The Balaban J connectivity index is 1.11. The van der Waals surface area contributed by atoms with Crippen LogP contribution in [0.2, 0.25) is 0 Å². The van der Waals surface area contributed by atoms with Gasteiger partial charge in [0.2, 0.25) is 11.8 Å². The fourth-order valence-corrected chi connectivity index (χ4v) is 7.44. The highest BCUT2D eigenvalue weighted by atomic mass is 16.5. The Labute approximate surface area is 315 Å². The SMILES string of the molecule is COC(=O)N[C@H](C(=O)N1CC(C)=C[C@H]1c1nc2ccc(-c3ccc4cc(-c5cnc([C@@H]6C=C(C)CN6C(=O)[C@@H](C)C(C)C)[nH]5)ccc4c3)cc2[nH]1)C(C)C. The Kier molecular flexibility index (Phi) is 9.91. The molecule has 4 atom stereocenters. The molecule has 2 aliphatic rings. The molecule has 0 bridgehead atoms. The van der Waals surface area contributed by atoms with Gasteiger partial charge in [0.25, 0.3) is 0 Å². The minimum absolute atomic E-state index is 0.0609. The molecule has 3 amide bonds. The van der Waals surface area contributed by atoms with Gasteiger partial charge in [0.1, 0.15) is 29.8 Å². The number of imidazole rings is 2. The van der Waals surface area contributed by atoms with Crippen LogP contribution in [0, 0.1) is 17.8 Å². The van der Waals surface area contributed by atoms with E-state index in [4.69, 9.17) is 14.7 Å². The predicted octanol–water partition coefficient (Wildman–Crippen LogP) is 8.11. The number of aromatic amines is 2. The molecule has 11 nitrogen and oxygen atoms in total. The van der Waals surface area contributed by atoms with E-state index in [-0.39, 0.29) is 41.7 Å². The second-order valence-corrected chi connectivity index (χ2v) is 15.6. The van der Waals surface area contributed by atoms with E-state index < -0.39 is 12.1 Å². The van der Waals surface area contributed by atoms with Crippen LogP contribution in [0.15, 0.2) is 84.1 Å². The number of nitrogens with one attached hydrogen (secondary N) is 3. The summed E-state index contributed by atoms with van der Waals surface area (Å²) in [5.74, 6) is 1.49. The van der Waals surface area contributed by atoms with Crippen LogP contribution in [-0.2, 0) is 14.3 Å². The van der Waals surface area contributed by atoms with Crippen LogP contribution in [0.5, 0.6) is 0 Å². The van der Waals surface area contributed by atoms with Gasteiger partial charge >= 0.3 is 6.09 Å². The zero-order valence-electron chi connectivity index (χ0n) is 32.2. The van der Waals surface area contributed by atoms with Gasteiger partial charge in [-0.15, -0.1) is 0 Å². The summed E-state index contributed by atoms with van der Waals surface area (Å²) in [6.45, 7) is 15.1. The van der Waals surface area contributed by atoms with E-state index in [1.807, 2.05) is 50.9 Å². The monoisotopic (exact) mass is 727 g/mol. The van der Waals surface area contributed by atoms with Crippen LogP contribution in [0.1, 0.15) is 72.2 Å². The van der Waals surface area contributed by atoms with E-state index >= 15 is 0 Å². The van der Waals surface area contributed by atoms with Crippen LogP contribution < -0.4 is 5.32 Å². The fourth-order valence-electron chi connectivity index (χ4n) is 7.44. The van der Waals surface area contributed by atoms with E-state index in [0.29, 0.717) is 18.9 Å². The lowest BCUT2D eigenvalue weighted by Gasteiger charge is -2.30. The van der Waals surface area contributed by atoms with E-state index in [9.17, 15) is 14.4 Å². The molecule has 0 saturated carbocycles. The molecular weight excluding hydrogens is 679 g/mol. The lowest BCUT2D eigenvalue weighted by atomic mass is 9.96. The number of carbonyl (C=O) groups is 3. The van der Waals surface area contributed by atoms with Crippen molar-refractivity contribution in [1.29, 1.82) is 0 Å². The summed E-state index contributed by atoms with van der Waals surface area (Å²) in [6.07, 6.45) is 5.40. The van der Waals surface area contributed by atoms with Crippen molar-refractivity contribution in [1.82, 2.24) is 35.1 Å². The number of fused-ring (bicyclic) bond motifs is 2. The highest BCUT2D eigenvalue weighted by Crippen LogP contribution is 2.35. The average molecular weight is 728 g/mol. The van der Waals surface area contributed by atoms with Gasteiger partial charge in [-0.2, -0.15) is 0 Å². The Morgan fingerprint density at radius 1 is 0.759 bits per heavy atom. The number of benzene rings is 3. The molecule has 280 valence electrons. The van der Waals surface area contributed by atoms with Gasteiger partial charge in [-0.3, -0.25) is 9.59 Å². The van der Waals surface area contributed by atoms with Crippen molar-refractivity contribution in [3.63, 3.8) is 0 Å². The number of amides is 3. The minimum atomic E-state index is -0.726. The molecule has 0 spiro atoms. The zero-order valence-corrected chi connectivity index (χ0v) is 32.2. The van der Waals surface area contributed by atoms with Gasteiger partial charge in [0, 0.05) is 24.6 Å². The van der Waals surface area contributed by atoms with Crippen LogP contribution in [0.25, 0.3) is 44.2 Å². The van der Waals surface area contributed by atoms with Crippen molar-refractivity contribution < 1.29 is 19.1 Å². The molecule has 0 radical (unpaired) electrons. The van der Waals surface area contributed by atoms with Gasteiger partial charge < -0.3 is 29.8 Å². The van der Waals surface area contributed by atoms with Gasteiger partial charge in [0.15, 0.2) is 0 Å². The fraction of sp³-hybridized carbons (Fsp3) is 0.372. The van der Waals surface area contributed by atoms with Crippen molar-refractivity contribution in [3.8, 4) is 22.4 Å². The molecule has 0 fully saturated rings. The number of methoxy groups -OCH3 is 1. The maximum Gasteiger partial charge on any atom is 0.407 e. The summed E-state index contributed by atoms with van der Waals surface area (Å²) in [5.41, 5.74) is 7.95. The van der Waals surface area contributed by atoms with E-state index in [1.165, 1.54) is 12.7 Å². The highest BCUT2D eigenvalue weighted by molar-refractivity contribution is 5.92. The number of rotatable bonds is 9. The first-order valence-electron chi connectivity index (χ1n) is 18.7. The molecule has 3 N–H and O–H groups in total. The standard InChI is InChI=1S/C43H49N7O4/c1-23(2)27(7)41(51)49-21-25(5)15-36(49)39-44-20-35(47-39)32-12-11-28-17-29(9-10-30(28)18-32)31-13-14-33-34(19-31)46-40(45-33)37-16-26(6)22-50(37)42(52)38(24(3)4)48-43(53)54-8/h9-20,23-24,27,36-38H,21-22H2,1-8H3,(H,44,47)(H,45,46)(H,48,53)/t27-,36-,37-,38-/m0/s1. The molecule has 54 heavy (non-hydrogen) atoms. The maximum atomic E-state index is 13.7. The Morgan fingerprint density at radius 3 is 2.00 bits per heavy atom. The summed E-state index contributed by atoms with van der Waals surface area (Å²) in [4.78, 5) is 59.4. The molecule has 2 aromatic heterocycles. The summed E-state index contributed by atoms with van der Waals surface area (Å²) in [6, 6.07) is 17.7. The van der Waals surface area contributed by atoms with Crippen molar-refractivity contribution in [2.75, 3.05) is 20.2 Å².